The summed E-state index contributed by atoms with van der Waals surface area (Å²) in [5.41, 5.74) is 0.500. The number of hydrogen-bond acceptors (Lipinski definition) is 3. The molecule has 1 N–H and O–H groups in total. The molecule has 1 aliphatic heterocycles. The molecule has 2 amide bonds. The molecule has 7 heteroatoms. The Morgan fingerprint density at radius 1 is 1.33 bits per heavy atom. The minimum absolute atomic E-state index is 0.0487. The molecule has 1 saturated heterocycles. The topological polar surface area (TPSA) is 67.2 Å². The van der Waals surface area contributed by atoms with E-state index in [-0.39, 0.29) is 29.2 Å². The van der Waals surface area contributed by atoms with Crippen LogP contribution >= 0.6 is 11.6 Å². The molecule has 1 aromatic heterocycles. The SMILES string of the molecule is CC1CN(C(=O)CC2(C)CCCCC2)CCC1NC(=O)c1cc(Cl)n(C)n1. The van der Waals surface area contributed by atoms with Crippen molar-refractivity contribution in [3.8, 4) is 0 Å². The van der Waals surface area contributed by atoms with Gasteiger partial charge in [-0.2, -0.15) is 5.10 Å². The zero-order valence-electron chi connectivity index (χ0n) is 16.6. The third-order valence-electron chi connectivity index (χ3n) is 6.27. The van der Waals surface area contributed by atoms with E-state index >= 15 is 0 Å². The molecule has 3 rings (SSSR count). The molecule has 2 aliphatic rings. The highest BCUT2D eigenvalue weighted by Gasteiger charge is 2.34. The fourth-order valence-corrected chi connectivity index (χ4v) is 4.58. The smallest absolute Gasteiger partial charge is 0.272 e. The second-order valence-corrected chi connectivity index (χ2v) is 9.10. The Kier molecular flexibility index (Phi) is 6.14. The van der Waals surface area contributed by atoms with E-state index in [2.05, 4.69) is 24.3 Å². The van der Waals surface area contributed by atoms with Gasteiger partial charge in [0.15, 0.2) is 5.69 Å². The number of carbonyl (C=O) groups excluding carboxylic acids is 2. The van der Waals surface area contributed by atoms with E-state index in [0.29, 0.717) is 30.4 Å². The summed E-state index contributed by atoms with van der Waals surface area (Å²) in [5, 5.41) is 7.62. The Morgan fingerprint density at radius 3 is 2.63 bits per heavy atom. The second kappa shape index (κ2) is 8.21. The van der Waals surface area contributed by atoms with Crippen molar-refractivity contribution >= 4 is 23.4 Å². The highest BCUT2D eigenvalue weighted by molar-refractivity contribution is 6.29. The van der Waals surface area contributed by atoms with Crippen LogP contribution in [0, 0.1) is 11.3 Å². The first-order valence-corrected chi connectivity index (χ1v) is 10.4. The van der Waals surface area contributed by atoms with E-state index in [1.807, 2.05) is 4.90 Å². The van der Waals surface area contributed by atoms with Gasteiger partial charge in [0.05, 0.1) is 0 Å². The van der Waals surface area contributed by atoms with Gasteiger partial charge >= 0.3 is 0 Å². The van der Waals surface area contributed by atoms with Crippen molar-refractivity contribution in [3.05, 3.63) is 16.9 Å². The molecule has 27 heavy (non-hydrogen) atoms. The van der Waals surface area contributed by atoms with Gasteiger partial charge in [-0.25, -0.2) is 0 Å². The van der Waals surface area contributed by atoms with Crippen molar-refractivity contribution in [1.82, 2.24) is 20.0 Å². The van der Waals surface area contributed by atoms with Crippen LogP contribution in [0.3, 0.4) is 0 Å². The Bertz CT molecular complexity index is 677. The largest absolute Gasteiger partial charge is 0.348 e. The molecule has 2 heterocycles. The Labute approximate surface area is 166 Å². The summed E-state index contributed by atoms with van der Waals surface area (Å²) in [6.45, 7) is 5.76. The maximum absolute atomic E-state index is 12.8. The lowest BCUT2D eigenvalue weighted by atomic mass is 9.73. The Hall–Kier alpha value is -1.56. The van der Waals surface area contributed by atoms with Gasteiger partial charge in [-0.15, -0.1) is 0 Å². The van der Waals surface area contributed by atoms with E-state index in [4.69, 9.17) is 11.6 Å². The van der Waals surface area contributed by atoms with Gasteiger partial charge in [-0.3, -0.25) is 14.3 Å². The van der Waals surface area contributed by atoms with E-state index in [1.165, 1.54) is 23.9 Å². The van der Waals surface area contributed by atoms with Gasteiger partial charge in [0.2, 0.25) is 5.91 Å². The number of nitrogens with zero attached hydrogens (tertiary/aromatic N) is 3. The maximum Gasteiger partial charge on any atom is 0.272 e. The summed E-state index contributed by atoms with van der Waals surface area (Å²) < 4.78 is 1.48. The molecular formula is C20H31ClN4O2. The van der Waals surface area contributed by atoms with E-state index < -0.39 is 0 Å². The lowest BCUT2D eigenvalue weighted by Gasteiger charge is -2.40. The lowest BCUT2D eigenvalue weighted by molar-refractivity contribution is -0.136. The molecule has 1 aromatic rings. The minimum Gasteiger partial charge on any atom is -0.348 e. The summed E-state index contributed by atoms with van der Waals surface area (Å²) in [4.78, 5) is 27.2. The molecule has 2 unspecified atom stereocenters. The maximum atomic E-state index is 12.8. The molecule has 1 saturated carbocycles. The van der Waals surface area contributed by atoms with Gasteiger partial charge in [0.25, 0.3) is 5.91 Å². The number of aromatic nitrogens is 2. The summed E-state index contributed by atoms with van der Waals surface area (Å²) in [6.07, 6.45) is 7.53. The van der Waals surface area contributed by atoms with Crippen LogP contribution < -0.4 is 5.32 Å². The number of carbonyl (C=O) groups is 2. The fraction of sp³-hybridized carbons (Fsp3) is 0.750. The third kappa shape index (κ3) is 4.84. The van der Waals surface area contributed by atoms with Crippen LogP contribution in [0.5, 0.6) is 0 Å². The van der Waals surface area contributed by atoms with Crippen molar-refractivity contribution in [2.24, 2.45) is 18.4 Å². The third-order valence-corrected chi connectivity index (χ3v) is 6.62. The van der Waals surface area contributed by atoms with Gasteiger partial charge in [-0.1, -0.05) is 44.7 Å². The van der Waals surface area contributed by atoms with Crippen LogP contribution in [0.2, 0.25) is 5.15 Å². The van der Waals surface area contributed by atoms with Gasteiger partial charge in [0, 0.05) is 38.7 Å². The zero-order valence-corrected chi connectivity index (χ0v) is 17.4. The summed E-state index contributed by atoms with van der Waals surface area (Å²) in [6, 6.07) is 1.62. The normalized spacial score (nSPS) is 25.3. The molecule has 0 spiro atoms. The Balaban J connectivity index is 1.52. The van der Waals surface area contributed by atoms with Crippen LogP contribution in [0.25, 0.3) is 0 Å². The molecule has 0 aromatic carbocycles. The van der Waals surface area contributed by atoms with Crippen molar-refractivity contribution in [3.63, 3.8) is 0 Å². The fourth-order valence-electron chi connectivity index (χ4n) is 4.44. The van der Waals surface area contributed by atoms with Gasteiger partial charge in [-0.05, 0) is 30.6 Å². The summed E-state index contributed by atoms with van der Waals surface area (Å²) in [7, 11) is 1.71. The number of hydrogen-bond donors (Lipinski definition) is 1. The first-order valence-electron chi connectivity index (χ1n) is 10.1. The second-order valence-electron chi connectivity index (χ2n) is 8.71. The molecule has 1 aliphatic carbocycles. The minimum atomic E-state index is -0.205. The quantitative estimate of drug-likeness (QED) is 0.850. The molecule has 0 radical (unpaired) electrons. The molecule has 2 atom stereocenters. The van der Waals surface area contributed by atoms with E-state index in [0.717, 1.165) is 19.3 Å². The predicted molar refractivity (Wildman–Crippen MR) is 106 cm³/mol. The standard InChI is InChI=1S/C20H31ClN4O2/c1-14-13-25(18(26)12-20(2)8-5-4-6-9-20)10-7-15(14)22-19(27)16-11-17(21)24(3)23-16/h11,14-15H,4-10,12-13H2,1-3H3,(H,22,27). The summed E-state index contributed by atoms with van der Waals surface area (Å²) >= 11 is 5.97. The first kappa shape index (κ1) is 20.2. The van der Waals surface area contributed by atoms with E-state index in [9.17, 15) is 9.59 Å². The average molecular weight is 395 g/mol. The molecule has 0 bridgehead atoms. The number of nitrogens with one attached hydrogen (secondary N) is 1. The van der Waals surface area contributed by atoms with Gasteiger partial charge < -0.3 is 10.2 Å². The van der Waals surface area contributed by atoms with Crippen LogP contribution in [0.1, 0.15) is 69.3 Å². The number of halogens is 1. The highest BCUT2D eigenvalue weighted by atomic mass is 35.5. The van der Waals surface area contributed by atoms with Gasteiger partial charge in [0.1, 0.15) is 5.15 Å². The lowest BCUT2D eigenvalue weighted by Crippen LogP contribution is -2.52. The number of likely N-dealkylation sites (tertiary alicyclic amines) is 1. The number of piperidine rings is 1. The molecule has 6 nitrogen and oxygen atoms in total. The number of amides is 2. The summed E-state index contributed by atoms with van der Waals surface area (Å²) in [5.74, 6) is 0.279. The van der Waals surface area contributed by atoms with Crippen LogP contribution in [0.15, 0.2) is 6.07 Å². The number of aryl methyl sites for hydroxylation is 1. The predicted octanol–water partition coefficient (Wildman–Crippen LogP) is 3.40. The molecule has 150 valence electrons. The molecule has 2 fully saturated rings. The van der Waals surface area contributed by atoms with Crippen LogP contribution in [0.4, 0.5) is 0 Å². The van der Waals surface area contributed by atoms with Crippen molar-refractivity contribution in [2.75, 3.05) is 13.1 Å². The average Bonchev–Trinajstić information content (AvgIpc) is 2.96. The zero-order chi connectivity index (χ0) is 19.6. The van der Waals surface area contributed by atoms with Crippen molar-refractivity contribution in [2.45, 2.75) is 64.8 Å². The van der Waals surface area contributed by atoms with E-state index in [1.54, 1.807) is 13.1 Å². The first-order chi connectivity index (χ1) is 12.8. The van der Waals surface area contributed by atoms with Crippen LogP contribution in [-0.4, -0.2) is 45.6 Å². The van der Waals surface area contributed by atoms with Crippen molar-refractivity contribution < 1.29 is 9.59 Å². The Morgan fingerprint density at radius 2 is 2.04 bits per heavy atom. The number of rotatable bonds is 4. The van der Waals surface area contributed by atoms with Crippen LogP contribution in [-0.2, 0) is 11.8 Å². The monoisotopic (exact) mass is 394 g/mol. The highest BCUT2D eigenvalue weighted by Crippen LogP contribution is 2.39. The van der Waals surface area contributed by atoms with Crippen molar-refractivity contribution in [1.29, 1.82) is 0 Å². The molecular weight excluding hydrogens is 364 g/mol.